The molecule has 0 aliphatic heterocycles. The summed E-state index contributed by atoms with van der Waals surface area (Å²) in [7, 11) is 0. The summed E-state index contributed by atoms with van der Waals surface area (Å²) in [5.74, 6) is 1.42. The van der Waals surface area contributed by atoms with Gasteiger partial charge in [-0.15, -0.1) is 0 Å². The van der Waals surface area contributed by atoms with E-state index in [1.807, 2.05) is 26.0 Å². The van der Waals surface area contributed by atoms with Crippen LogP contribution in [0.15, 0.2) is 41.6 Å². The second kappa shape index (κ2) is 7.71. The third kappa shape index (κ3) is 4.67. The van der Waals surface area contributed by atoms with Crippen molar-refractivity contribution in [3.63, 3.8) is 0 Å². The van der Waals surface area contributed by atoms with Crippen molar-refractivity contribution in [2.75, 3.05) is 13.2 Å². The Bertz CT molecular complexity index is 651. The molecule has 0 saturated heterocycles. The number of aryl methyl sites for hydroxylation is 2. The van der Waals surface area contributed by atoms with Crippen LogP contribution in [0.3, 0.4) is 0 Å². The largest absolute Gasteiger partial charge is 0.490 e. The van der Waals surface area contributed by atoms with E-state index in [0.717, 1.165) is 16.9 Å². The van der Waals surface area contributed by atoms with E-state index in [9.17, 15) is 0 Å². The second-order valence-corrected chi connectivity index (χ2v) is 5.38. The molecule has 0 saturated carbocycles. The molecule has 0 heterocycles. The molecule has 5 heteroatoms. The predicted octanol–water partition coefficient (Wildman–Crippen LogP) is 4.22. The van der Waals surface area contributed by atoms with Crippen molar-refractivity contribution in [3.05, 3.63) is 58.1 Å². The number of hydrogen-bond donors (Lipinski definition) is 1. The Labute approximate surface area is 134 Å². The highest BCUT2D eigenvalue weighted by atomic mass is 35.5. The Kier molecular flexibility index (Phi) is 5.67. The zero-order valence-electron chi connectivity index (χ0n) is 12.5. The molecule has 0 fully saturated rings. The van der Waals surface area contributed by atoms with Gasteiger partial charge in [0, 0.05) is 10.6 Å². The first-order valence-electron chi connectivity index (χ1n) is 6.89. The van der Waals surface area contributed by atoms with Gasteiger partial charge >= 0.3 is 0 Å². The van der Waals surface area contributed by atoms with Crippen LogP contribution in [-0.2, 0) is 0 Å². The van der Waals surface area contributed by atoms with Crippen LogP contribution in [0.2, 0.25) is 5.02 Å². The molecule has 0 unspecified atom stereocenters. The molecule has 2 rings (SSSR count). The Morgan fingerprint density at radius 2 is 1.73 bits per heavy atom. The molecule has 4 nitrogen and oxygen atoms in total. The van der Waals surface area contributed by atoms with Crippen molar-refractivity contribution in [2.45, 2.75) is 13.8 Å². The summed E-state index contributed by atoms with van der Waals surface area (Å²) in [6.07, 6.45) is 1.28. The van der Waals surface area contributed by atoms with E-state index in [2.05, 4.69) is 11.2 Å². The van der Waals surface area contributed by atoms with E-state index >= 15 is 0 Å². The molecule has 2 aromatic rings. The first kappa shape index (κ1) is 16.2. The van der Waals surface area contributed by atoms with Crippen LogP contribution in [0.25, 0.3) is 0 Å². The van der Waals surface area contributed by atoms with Crippen molar-refractivity contribution >= 4 is 17.8 Å². The molecule has 2 aromatic carbocycles. The molecule has 1 N–H and O–H groups in total. The number of benzene rings is 2. The summed E-state index contributed by atoms with van der Waals surface area (Å²) in [6.45, 7) is 4.86. The SMILES string of the molecule is Cc1cc(C)cc(OCCOc2ccc(Cl)cc2C=NO)c1. The topological polar surface area (TPSA) is 51.0 Å². The molecule has 0 aromatic heterocycles. The second-order valence-electron chi connectivity index (χ2n) is 4.95. The molecule has 0 aliphatic rings. The number of rotatable bonds is 6. The van der Waals surface area contributed by atoms with Gasteiger partial charge in [0.25, 0.3) is 0 Å². The summed E-state index contributed by atoms with van der Waals surface area (Å²) < 4.78 is 11.3. The smallest absolute Gasteiger partial charge is 0.128 e. The van der Waals surface area contributed by atoms with Gasteiger partial charge in [-0.3, -0.25) is 0 Å². The minimum atomic E-state index is 0.376. The fourth-order valence-corrected chi connectivity index (χ4v) is 2.32. The first-order chi connectivity index (χ1) is 10.6. The number of hydrogen-bond acceptors (Lipinski definition) is 4. The quantitative estimate of drug-likeness (QED) is 0.375. The van der Waals surface area contributed by atoms with E-state index in [1.165, 1.54) is 6.21 Å². The lowest BCUT2D eigenvalue weighted by Gasteiger charge is -2.11. The lowest BCUT2D eigenvalue weighted by molar-refractivity contribution is 0.216. The van der Waals surface area contributed by atoms with Gasteiger partial charge in [-0.2, -0.15) is 0 Å². The minimum Gasteiger partial charge on any atom is -0.490 e. The first-order valence-corrected chi connectivity index (χ1v) is 7.27. The van der Waals surface area contributed by atoms with E-state index in [1.54, 1.807) is 18.2 Å². The standard InChI is InChI=1S/C17H18ClNO3/c1-12-7-13(2)9-16(8-12)21-5-6-22-17-4-3-15(18)10-14(17)11-19-20/h3-4,7-11,20H,5-6H2,1-2H3. The third-order valence-electron chi connectivity index (χ3n) is 2.97. The van der Waals surface area contributed by atoms with Crippen LogP contribution in [0.5, 0.6) is 11.5 Å². The lowest BCUT2D eigenvalue weighted by atomic mass is 10.1. The Morgan fingerprint density at radius 3 is 2.41 bits per heavy atom. The number of halogens is 1. The molecule has 0 radical (unpaired) electrons. The van der Waals surface area contributed by atoms with Crippen LogP contribution in [0.1, 0.15) is 16.7 Å². The third-order valence-corrected chi connectivity index (χ3v) is 3.21. The van der Waals surface area contributed by atoms with Crippen LogP contribution in [0.4, 0.5) is 0 Å². The minimum absolute atomic E-state index is 0.376. The molecule has 0 atom stereocenters. The van der Waals surface area contributed by atoms with E-state index in [0.29, 0.717) is 29.5 Å². The summed E-state index contributed by atoms with van der Waals surface area (Å²) in [6, 6.07) is 11.2. The number of ether oxygens (including phenoxy) is 2. The number of oxime groups is 1. The van der Waals surface area contributed by atoms with Gasteiger partial charge in [0.2, 0.25) is 0 Å². The molecule has 0 amide bonds. The lowest BCUT2D eigenvalue weighted by Crippen LogP contribution is -2.10. The summed E-state index contributed by atoms with van der Waals surface area (Å²) in [5.41, 5.74) is 2.94. The van der Waals surface area contributed by atoms with E-state index in [-0.39, 0.29) is 0 Å². The maximum Gasteiger partial charge on any atom is 0.128 e. The molecule has 0 bridgehead atoms. The maximum absolute atomic E-state index is 8.65. The Hall–Kier alpha value is -2.20. The average molecular weight is 320 g/mol. The number of nitrogens with zero attached hydrogens (tertiary/aromatic N) is 1. The van der Waals surface area contributed by atoms with E-state index < -0.39 is 0 Å². The molecular formula is C17H18ClNO3. The van der Waals surface area contributed by atoms with Crippen molar-refractivity contribution in [1.82, 2.24) is 0 Å². The van der Waals surface area contributed by atoms with Gasteiger partial charge < -0.3 is 14.7 Å². The zero-order chi connectivity index (χ0) is 15.9. The molecule has 0 spiro atoms. The summed E-state index contributed by atoms with van der Waals surface area (Å²) in [4.78, 5) is 0. The van der Waals surface area contributed by atoms with Gasteiger partial charge in [0.1, 0.15) is 24.7 Å². The molecule has 0 aliphatic carbocycles. The van der Waals surface area contributed by atoms with Crippen LogP contribution < -0.4 is 9.47 Å². The fraction of sp³-hybridized carbons (Fsp3) is 0.235. The highest BCUT2D eigenvalue weighted by molar-refractivity contribution is 6.30. The Balaban J connectivity index is 1.91. The van der Waals surface area contributed by atoms with E-state index in [4.69, 9.17) is 26.3 Å². The summed E-state index contributed by atoms with van der Waals surface area (Å²) in [5, 5.41) is 12.2. The van der Waals surface area contributed by atoms with Crippen molar-refractivity contribution < 1.29 is 14.7 Å². The molecular weight excluding hydrogens is 302 g/mol. The van der Waals surface area contributed by atoms with Gasteiger partial charge in [-0.1, -0.05) is 22.8 Å². The van der Waals surface area contributed by atoms with Crippen molar-refractivity contribution in [1.29, 1.82) is 0 Å². The zero-order valence-corrected chi connectivity index (χ0v) is 13.3. The molecule has 22 heavy (non-hydrogen) atoms. The average Bonchev–Trinajstić information content (AvgIpc) is 2.45. The fourth-order valence-electron chi connectivity index (χ4n) is 2.14. The van der Waals surface area contributed by atoms with Crippen molar-refractivity contribution in [3.8, 4) is 11.5 Å². The van der Waals surface area contributed by atoms with Crippen molar-refractivity contribution in [2.24, 2.45) is 5.16 Å². The van der Waals surface area contributed by atoms with Crippen LogP contribution in [0, 0.1) is 13.8 Å². The Morgan fingerprint density at radius 1 is 1.05 bits per heavy atom. The predicted molar refractivity (Wildman–Crippen MR) is 87.7 cm³/mol. The normalized spacial score (nSPS) is 10.9. The monoisotopic (exact) mass is 319 g/mol. The van der Waals surface area contributed by atoms with Crippen LogP contribution >= 0.6 is 11.6 Å². The van der Waals surface area contributed by atoms with Crippen LogP contribution in [-0.4, -0.2) is 24.6 Å². The highest BCUT2D eigenvalue weighted by Crippen LogP contribution is 2.21. The summed E-state index contributed by atoms with van der Waals surface area (Å²) >= 11 is 5.90. The van der Waals surface area contributed by atoms with Gasteiger partial charge in [-0.25, -0.2) is 0 Å². The maximum atomic E-state index is 8.65. The van der Waals surface area contributed by atoms with Gasteiger partial charge in [0.05, 0.1) is 6.21 Å². The molecule has 116 valence electrons. The highest BCUT2D eigenvalue weighted by Gasteiger charge is 2.04. The van der Waals surface area contributed by atoms with Gasteiger partial charge in [-0.05, 0) is 55.3 Å². The van der Waals surface area contributed by atoms with Gasteiger partial charge in [0.15, 0.2) is 0 Å².